The number of hydrogen-bond donors (Lipinski definition) is 1. The van der Waals surface area contributed by atoms with Gasteiger partial charge >= 0.3 is 5.97 Å². The summed E-state index contributed by atoms with van der Waals surface area (Å²) in [6.07, 6.45) is 1.93. The van der Waals surface area contributed by atoms with Crippen molar-refractivity contribution in [3.63, 3.8) is 0 Å². The van der Waals surface area contributed by atoms with Crippen molar-refractivity contribution in [2.75, 3.05) is 13.1 Å². The van der Waals surface area contributed by atoms with Crippen LogP contribution in [0.5, 0.6) is 5.75 Å². The Labute approximate surface area is 136 Å². The van der Waals surface area contributed by atoms with Crippen molar-refractivity contribution in [1.29, 1.82) is 0 Å². The van der Waals surface area contributed by atoms with Crippen molar-refractivity contribution in [2.45, 2.75) is 40.2 Å². The second-order valence-electron chi connectivity index (χ2n) is 6.61. The summed E-state index contributed by atoms with van der Waals surface area (Å²) in [5.74, 6) is -0.731. The Balaban J connectivity index is 2.25. The van der Waals surface area contributed by atoms with Gasteiger partial charge in [-0.05, 0) is 38.3 Å². The summed E-state index contributed by atoms with van der Waals surface area (Å²) in [6.45, 7) is 8.15. The molecule has 1 aromatic rings. The maximum Gasteiger partial charge on any atom is 0.311 e. The fraction of sp³-hybridized carbons (Fsp3) is 0.588. The SMILES string of the molecule is CC(C)Oc1cccnc1C(=O)N1CCC(C(=O)O)(C(C)C)C1. The second kappa shape index (κ2) is 6.56. The van der Waals surface area contributed by atoms with Gasteiger partial charge < -0.3 is 14.7 Å². The first-order valence-electron chi connectivity index (χ1n) is 7.92. The topological polar surface area (TPSA) is 79.7 Å². The van der Waals surface area contributed by atoms with Gasteiger partial charge in [-0.1, -0.05) is 13.8 Å². The van der Waals surface area contributed by atoms with Crippen LogP contribution >= 0.6 is 0 Å². The highest BCUT2D eigenvalue weighted by Gasteiger charge is 2.48. The summed E-state index contributed by atoms with van der Waals surface area (Å²) in [4.78, 5) is 30.2. The second-order valence-corrected chi connectivity index (χ2v) is 6.61. The summed E-state index contributed by atoms with van der Waals surface area (Å²) in [7, 11) is 0. The van der Waals surface area contributed by atoms with Crippen molar-refractivity contribution in [2.24, 2.45) is 11.3 Å². The smallest absolute Gasteiger partial charge is 0.311 e. The Morgan fingerprint density at radius 2 is 2.04 bits per heavy atom. The molecule has 0 aliphatic carbocycles. The molecule has 0 aromatic carbocycles. The van der Waals surface area contributed by atoms with Gasteiger partial charge in [-0.25, -0.2) is 4.98 Å². The van der Waals surface area contributed by atoms with E-state index in [9.17, 15) is 14.7 Å². The van der Waals surface area contributed by atoms with Crippen molar-refractivity contribution in [3.8, 4) is 5.75 Å². The Kier molecular flexibility index (Phi) is 4.92. The van der Waals surface area contributed by atoms with Crippen LogP contribution in [0.3, 0.4) is 0 Å². The summed E-state index contributed by atoms with van der Waals surface area (Å²) >= 11 is 0. The number of aliphatic carboxylic acids is 1. The number of amides is 1. The minimum absolute atomic E-state index is 0.0482. The van der Waals surface area contributed by atoms with Gasteiger partial charge in [0.25, 0.3) is 5.91 Å². The van der Waals surface area contributed by atoms with Gasteiger partial charge in [-0.2, -0.15) is 0 Å². The number of carboxylic acid groups (broad SMARTS) is 1. The zero-order valence-corrected chi connectivity index (χ0v) is 14.1. The van der Waals surface area contributed by atoms with E-state index in [4.69, 9.17) is 4.74 Å². The first-order valence-corrected chi connectivity index (χ1v) is 7.92. The highest BCUT2D eigenvalue weighted by molar-refractivity contribution is 5.95. The number of rotatable bonds is 5. The fourth-order valence-electron chi connectivity index (χ4n) is 2.95. The number of pyridine rings is 1. The lowest BCUT2D eigenvalue weighted by atomic mass is 9.76. The summed E-state index contributed by atoms with van der Waals surface area (Å²) in [5.41, 5.74) is -0.644. The van der Waals surface area contributed by atoms with Gasteiger partial charge in [0.15, 0.2) is 11.4 Å². The Hall–Kier alpha value is -2.11. The van der Waals surface area contributed by atoms with Crippen LogP contribution in [0.25, 0.3) is 0 Å². The van der Waals surface area contributed by atoms with E-state index < -0.39 is 11.4 Å². The largest absolute Gasteiger partial charge is 0.489 e. The van der Waals surface area contributed by atoms with E-state index in [1.807, 2.05) is 27.7 Å². The minimum Gasteiger partial charge on any atom is -0.489 e. The average Bonchev–Trinajstić information content (AvgIpc) is 2.93. The first kappa shape index (κ1) is 17.2. The third-order valence-electron chi connectivity index (χ3n) is 4.46. The molecule has 6 heteroatoms. The lowest BCUT2D eigenvalue weighted by molar-refractivity contribution is -0.150. The van der Waals surface area contributed by atoms with Gasteiger partial charge in [-0.3, -0.25) is 9.59 Å². The van der Waals surface area contributed by atoms with E-state index >= 15 is 0 Å². The lowest BCUT2D eigenvalue weighted by Crippen LogP contribution is -2.40. The highest BCUT2D eigenvalue weighted by atomic mass is 16.5. The molecule has 0 saturated carbocycles. The zero-order valence-electron chi connectivity index (χ0n) is 14.1. The Bertz CT molecular complexity index is 600. The van der Waals surface area contributed by atoms with Crippen LogP contribution in [0.15, 0.2) is 18.3 Å². The van der Waals surface area contributed by atoms with Crippen LogP contribution in [0, 0.1) is 11.3 Å². The molecule has 0 spiro atoms. The van der Waals surface area contributed by atoms with Crippen molar-refractivity contribution >= 4 is 11.9 Å². The molecule has 2 rings (SSSR count). The molecule has 23 heavy (non-hydrogen) atoms. The molecule has 1 N–H and O–H groups in total. The van der Waals surface area contributed by atoms with Crippen LogP contribution in [-0.2, 0) is 4.79 Å². The molecule has 1 aliphatic rings. The molecule has 1 aromatic heterocycles. The molecule has 1 unspecified atom stereocenters. The normalized spacial score (nSPS) is 21.0. The number of likely N-dealkylation sites (tertiary alicyclic amines) is 1. The molecule has 1 aliphatic heterocycles. The number of nitrogens with zero attached hydrogens (tertiary/aromatic N) is 2. The maximum absolute atomic E-state index is 12.8. The van der Waals surface area contributed by atoms with E-state index in [0.29, 0.717) is 18.7 Å². The average molecular weight is 320 g/mol. The van der Waals surface area contributed by atoms with Gasteiger partial charge in [0, 0.05) is 19.3 Å². The number of ether oxygens (including phenoxy) is 1. The van der Waals surface area contributed by atoms with E-state index in [2.05, 4.69) is 4.98 Å². The summed E-state index contributed by atoms with van der Waals surface area (Å²) in [6, 6.07) is 3.43. The minimum atomic E-state index is -0.885. The summed E-state index contributed by atoms with van der Waals surface area (Å²) in [5, 5.41) is 9.60. The number of carboxylic acids is 1. The molecule has 1 amide bonds. The monoisotopic (exact) mass is 320 g/mol. The van der Waals surface area contributed by atoms with E-state index in [-0.39, 0.29) is 30.2 Å². The van der Waals surface area contributed by atoms with Crippen LogP contribution in [0.1, 0.15) is 44.6 Å². The molecular formula is C17H24N2O4. The zero-order chi connectivity index (χ0) is 17.2. The number of carbonyl (C=O) groups is 2. The third-order valence-corrected chi connectivity index (χ3v) is 4.46. The molecule has 6 nitrogen and oxygen atoms in total. The van der Waals surface area contributed by atoms with Crippen molar-refractivity contribution in [3.05, 3.63) is 24.0 Å². The quantitative estimate of drug-likeness (QED) is 0.901. The Morgan fingerprint density at radius 3 is 2.57 bits per heavy atom. The summed E-state index contributed by atoms with van der Waals surface area (Å²) < 4.78 is 5.65. The fourth-order valence-corrected chi connectivity index (χ4v) is 2.95. The lowest BCUT2D eigenvalue weighted by Gasteiger charge is -2.28. The highest BCUT2D eigenvalue weighted by Crippen LogP contribution is 2.39. The van der Waals surface area contributed by atoms with E-state index in [1.54, 1.807) is 23.2 Å². The molecule has 0 bridgehead atoms. The number of aromatic nitrogens is 1. The maximum atomic E-state index is 12.8. The Morgan fingerprint density at radius 1 is 1.35 bits per heavy atom. The number of hydrogen-bond acceptors (Lipinski definition) is 4. The molecule has 1 saturated heterocycles. The third kappa shape index (κ3) is 3.30. The predicted octanol–water partition coefficient (Wildman–Crippen LogP) is 2.44. The van der Waals surface area contributed by atoms with Crippen molar-refractivity contribution < 1.29 is 19.4 Å². The molecule has 1 fully saturated rings. The van der Waals surface area contributed by atoms with E-state index in [1.165, 1.54) is 0 Å². The predicted molar refractivity (Wildman–Crippen MR) is 85.4 cm³/mol. The van der Waals surface area contributed by atoms with E-state index in [0.717, 1.165) is 0 Å². The first-order chi connectivity index (χ1) is 10.8. The number of carbonyl (C=O) groups excluding carboxylic acids is 1. The molecule has 0 radical (unpaired) electrons. The molecule has 126 valence electrons. The molecule has 2 heterocycles. The van der Waals surface area contributed by atoms with Gasteiger partial charge in [-0.15, -0.1) is 0 Å². The van der Waals surface area contributed by atoms with Crippen LogP contribution in [0.4, 0.5) is 0 Å². The van der Waals surface area contributed by atoms with Gasteiger partial charge in [0.05, 0.1) is 11.5 Å². The molecule has 1 atom stereocenters. The van der Waals surface area contributed by atoms with Gasteiger partial charge in [0.2, 0.25) is 0 Å². The van der Waals surface area contributed by atoms with Crippen molar-refractivity contribution in [1.82, 2.24) is 9.88 Å². The van der Waals surface area contributed by atoms with Gasteiger partial charge in [0.1, 0.15) is 0 Å². The molecular weight excluding hydrogens is 296 g/mol. The van der Waals surface area contributed by atoms with Crippen LogP contribution in [0.2, 0.25) is 0 Å². The van der Waals surface area contributed by atoms with Crippen LogP contribution < -0.4 is 4.74 Å². The standard InChI is InChI=1S/C17H24N2O4/c1-11(2)17(16(21)22)7-9-19(10-17)15(20)14-13(23-12(3)4)6-5-8-18-14/h5-6,8,11-12H,7,9-10H2,1-4H3,(H,21,22). The van der Waals surface area contributed by atoms with Crippen LogP contribution in [-0.4, -0.2) is 46.1 Å².